The van der Waals surface area contributed by atoms with E-state index in [0.29, 0.717) is 0 Å². The van der Waals surface area contributed by atoms with Crippen LogP contribution in [0.3, 0.4) is 0 Å². The van der Waals surface area contributed by atoms with Crippen LogP contribution in [0.1, 0.15) is 13.8 Å². The van der Waals surface area contributed by atoms with E-state index >= 15 is 0 Å². The van der Waals surface area contributed by atoms with Gasteiger partial charge < -0.3 is 5.01 Å². The summed E-state index contributed by atoms with van der Waals surface area (Å²) in [5, 5.41) is 2.25. The monoisotopic (exact) mass is 138 g/mol. The van der Waals surface area contributed by atoms with Crippen LogP contribution in [0.4, 0.5) is 0 Å². The first-order chi connectivity index (χ1) is 4.88. The molecule has 1 rings (SSSR count). The molecule has 0 bridgehead atoms. The van der Waals surface area contributed by atoms with Gasteiger partial charge in [0.05, 0.1) is 0 Å². The van der Waals surface area contributed by atoms with Crippen LogP contribution < -0.4 is 5.01 Å². The summed E-state index contributed by atoms with van der Waals surface area (Å²) >= 11 is 0. The van der Waals surface area contributed by atoms with E-state index in [2.05, 4.69) is 35.9 Å². The summed E-state index contributed by atoms with van der Waals surface area (Å²) in [4.78, 5) is 0. The predicted octanol–water partition coefficient (Wildman–Crippen LogP) is 1.47. The third-order valence-corrected chi connectivity index (χ3v) is 1.65. The number of hydrogen-bond acceptors (Lipinski definition) is 1. The Kier molecular flexibility index (Phi) is 2.37. The highest BCUT2D eigenvalue weighted by Crippen LogP contribution is 1.91. The van der Waals surface area contributed by atoms with Crippen molar-refractivity contribution >= 4 is 0 Å². The Morgan fingerprint density at radius 1 is 1.10 bits per heavy atom. The lowest BCUT2D eigenvalue weighted by Crippen LogP contribution is -2.32. The smallest absolute Gasteiger partial charge is 0.0315 e. The van der Waals surface area contributed by atoms with E-state index in [0.717, 1.165) is 13.1 Å². The Bertz CT molecular complexity index is 163. The lowest BCUT2D eigenvalue weighted by atomic mass is 10.6. The molecule has 0 unspecified atom stereocenters. The Hall–Kier alpha value is -0.920. The van der Waals surface area contributed by atoms with Gasteiger partial charge in [0.2, 0.25) is 0 Å². The average molecular weight is 138 g/mol. The second kappa shape index (κ2) is 3.30. The molecule has 1 aromatic heterocycles. The van der Waals surface area contributed by atoms with Gasteiger partial charge in [0.15, 0.2) is 0 Å². The topological polar surface area (TPSA) is 8.17 Å². The van der Waals surface area contributed by atoms with E-state index < -0.39 is 0 Å². The molecule has 0 amide bonds. The molecule has 0 aliphatic carbocycles. The van der Waals surface area contributed by atoms with Gasteiger partial charge in [-0.15, -0.1) is 0 Å². The summed E-state index contributed by atoms with van der Waals surface area (Å²) < 4.78 is 2.11. The number of hydrogen-bond donors (Lipinski definition) is 0. The van der Waals surface area contributed by atoms with Crippen LogP contribution in [0.15, 0.2) is 24.5 Å². The molecule has 1 heterocycles. The van der Waals surface area contributed by atoms with Gasteiger partial charge in [-0.2, -0.15) is 0 Å². The fraction of sp³-hybridized carbons (Fsp3) is 0.500. The van der Waals surface area contributed by atoms with Crippen LogP contribution in [0.25, 0.3) is 0 Å². The number of rotatable bonds is 3. The fourth-order valence-electron chi connectivity index (χ4n) is 1.06. The molecule has 10 heavy (non-hydrogen) atoms. The summed E-state index contributed by atoms with van der Waals surface area (Å²) in [5.74, 6) is 0. The molecule has 0 fully saturated rings. The van der Waals surface area contributed by atoms with Gasteiger partial charge in [0.25, 0.3) is 0 Å². The fourth-order valence-corrected chi connectivity index (χ4v) is 1.06. The molecule has 0 spiro atoms. The van der Waals surface area contributed by atoms with Crippen molar-refractivity contribution in [3.8, 4) is 0 Å². The summed E-state index contributed by atoms with van der Waals surface area (Å²) in [7, 11) is 0. The Morgan fingerprint density at radius 2 is 1.60 bits per heavy atom. The highest BCUT2D eigenvalue weighted by Gasteiger charge is 1.94. The van der Waals surface area contributed by atoms with Gasteiger partial charge in [-0.3, -0.25) is 4.68 Å². The highest BCUT2D eigenvalue weighted by atomic mass is 15.5. The van der Waals surface area contributed by atoms with Crippen molar-refractivity contribution in [2.75, 3.05) is 18.1 Å². The van der Waals surface area contributed by atoms with E-state index in [1.807, 2.05) is 12.1 Å². The summed E-state index contributed by atoms with van der Waals surface area (Å²) in [6.07, 6.45) is 4.12. The largest absolute Gasteiger partial charge is 0.314 e. The first-order valence-corrected chi connectivity index (χ1v) is 3.76. The zero-order valence-electron chi connectivity index (χ0n) is 6.62. The Morgan fingerprint density at radius 3 is 2.00 bits per heavy atom. The molecular weight excluding hydrogens is 124 g/mol. The van der Waals surface area contributed by atoms with Gasteiger partial charge in [-0.1, -0.05) is 0 Å². The summed E-state index contributed by atoms with van der Waals surface area (Å²) in [6, 6.07) is 4.08. The van der Waals surface area contributed by atoms with E-state index in [9.17, 15) is 0 Å². The molecule has 0 radical (unpaired) electrons. The standard InChI is InChI=1S/C8H14N2/c1-3-9(4-2)10-7-5-6-8-10/h5-8H,3-4H2,1-2H3. The maximum Gasteiger partial charge on any atom is 0.0315 e. The molecule has 0 N–H and O–H groups in total. The molecule has 0 aliphatic rings. The van der Waals surface area contributed by atoms with Gasteiger partial charge in [-0.25, -0.2) is 0 Å². The molecular formula is C8H14N2. The van der Waals surface area contributed by atoms with Crippen LogP contribution in [-0.4, -0.2) is 17.8 Å². The van der Waals surface area contributed by atoms with Gasteiger partial charge in [0.1, 0.15) is 0 Å². The maximum atomic E-state index is 2.25. The van der Waals surface area contributed by atoms with Crippen molar-refractivity contribution in [2.45, 2.75) is 13.8 Å². The molecule has 2 heteroatoms. The molecule has 0 saturated carbocycles. The van der Waals surface area contributed by atoms with Crippen molar-refractivity contribution in [3.63, 3.8) is 0 Å². The van der Waals surface area contributed by atoms with Crippen LogP contribution in [0.5, 0.6) is 0 Å². The molecule has 56 valence electrons. The third-order valence-electron chi connectivity index (χ3n) is 1.65. The maximum absolute atomic E-state index is 2.25. The second-order valence-corrected chi connectivity index (χ2v) is 2.20. The molecule has 1 aromatic rings. The van der Waals surface area contributed by atoms with Crippen molar-refractivity contribution in [2.24, 2.45) is 0 Å². The minimum absolute atomic E-state index is 1.06. The lowest BCUT2D eigenvalue weighted by Gasteiger charge is -2.21. The van der Waals surface area contributed by atoms with Gasteiger partial charge >= 0.3 is 0 Å². The zero-order chi connectivity index (χ0) is 7.40. The first-order valence-electron chi connectivity index (χ1n) is 3.76. The predicted molar refractivity (Wildman–Crippen MR) is 43.7 cm³/mol. The third kappa shape index (κ3) is 1.32. The van der Waals surface area contributed by atoms with Crippen molar-refractivity contribution in [3.05, 3.63) is 24.5 Å². The van der Waals surface area contributed by atoms with Crippen molar-refractivity contribution < 1.29 is 0 Å². The SMILES string of the molecule is CCN(CC)n1cccc1. The first kappa shape index (κ1) is 7.19. The van der Waals surface area contributed by atoms with E-state index in [1.165, 1.54) is 0 Å². The molecule has 0 aliphatic heterocycles. The zero-order valence-corrected chi connectivity index (χ0v) is 6.62. The normalized spacial score (nSPS) is 9.80. The van der Waals surface area contributed by atoms with Crippen LogP contribution in [0.2, 0.25) is 0 Å². The van der Waals surface area contributed by atoms with Crippen LogP contribution >= 0.6 is 0 Å². The molecule has 2 nitrogen and oxygen atoms in total. The van der Waals surface area contributed by atoms with Crippen LogP contribution in [0, 0.1) is 0 Å². The average Bonchev–Trinajstić information content (AvgIpc) is 2.43. The lowest BCUT2D eigenvalue weighted by molar-refractivity contribution is 0.623. The summed E-state index contributed by atoms with van der Waals surface area (Å²) in [5.41, 5.74) is 0. The molecule has 0 aromatic carbocycles. The molecule has 0 atom stereocenters. The van der Waals surface area contributed by atoms with Gasteiger partial charge in [0, 0.05) is 25.5 Å². The quantitative estimate of drug-likeness (QED) is 0.614. The Labute approximate surface area is 62.0 Å². The van der Waals surface area contributed by atoms with E-state index in [1.54, 1.807) is 0 Å². The van der Waals surface area contributed by atoms with Gasteiger partial charge in [-0.05, 0) is 26.0 Å². The van der Waals surface area contributed by atoms with Crippen molar-refractivity contribution in [1.82, 2.24) is 4.68 Å². The van der Waals surface area contributed by atoms with Crippen molar-refractivity contribution in [1.29, 1.82) is 0 Å². The molecule has 0 saturated heterocycles. The minimum Gasteiger partial charge on any atom is -0.314 e. The highest BCUT2D eigenvalue weighted by molar-refractivity contribution is 4.96. The summed E-state index contributed by atoms with van der Waals surface area (Å²) in [6.45, 7) is 6.43. The van der Waals surface area contributed by atoms with E-state index in [-0.39, 0.29) is 0 Å². The minimum atomic E-state index is 1.06. The number of aromatic nitrogens is 1. The second-order valence-electron chi connectivity index (χ2n) is 2.20. The Balaban J connectivity index is 2.64. The van der Waals surface area contributed by atoms with Crippen LogP contribution in [-0.2, 0) is 0 Å². The van der Waals surface area contributed by atoms with E-state index in [4.69, 9.17) is 0 Å². The number of nitrogens with zero attached hydrogens (tertiary/aromatic N) is 2.